The number of hydrogen-bond donors (Lipinski definition) is 4. The van der Waals surface area contributed by atoms with Crippen molar-refractivity contribution >= 4 is 5.97 Å². The van der Waals surface area contributed by atoms with Crippen LogP contribution < -0.4 is 0 Å². The van der Waals surface area contributed by atoms with E-state index >= 15 is 0 Å². The van der Waals surface area contributed by atoms with Crippen LogP contribution in [-0.4, -0.2) is 43.2 Å². The predicted molar refractivity (Wildman–Crippen MR) is 126 cm³/mol. The first-order chi connectivity index (χ1) is 15.7. The van der Waals surface area contributed by atoms with Gasteiger partial charge in [0.25, 0.3) is 0 Å². The van der Waals surface area contributed by atoms with Crippen molar-refractivity contribution in [1.82, 2.24) is 0 Å². The van der Waals surface area contributed by atoms with Gasteiger partial charge in [-0.15, -0.1) is 0 Å². The fraction of sp³-hybridized carbons (Fsp3) is 0.250. The van der Waals surface area contributed by atoms with E-state index in [0.29, 0.717) is 0 Å². The number of carboxylic acids is 1. The Morgan fingerprint density at radius 3 is 1.55 bits per heavy atom. The van der Waals surface area contributed by atoms with Crippen molar-refractivity contribution in [2.75, 3.05) is 0 Å². The van der Waals surface area contributed by atoms with Gasteiger partial charge in [0.1, 0.15) is 16.8 Å². The summed E-state index contributed by atoms with van der Waals surface area (Å²) in [7, 11) is 0. The highest BCUT2D eigenvalue weighted by molar-refractivity contribution is 5.87. The quantitative estimate of drug-likeness (QED) is 0.448. The van der Waals surface area contributed by atoms with E-state index in [0.717, 1.165) is 16.7 Å². The molecule has 0 amide bonds. The number of hydrogen-bond acceptors (Lipinski definition) is 4. The third-order valence-electron chi connectivity index (χ3n) is 6.62. The topological polar surface area (TPSA) is 98.0 Å². The molecule has 3 aromatic carbocycles. The summed E-state index contributed by atoms with van der Waals surface area (Å²) in [4.78, 5) is 12.0. The van der Waals surface area contributed by atoms with Crippen LogP contribution in [-0.2, 0) is 24.1 Å². The lowest BCUT2D eigenvalue weighted by Crippen LogP contribution is -2.72. The van der Waals surface area contributed by atoms with Gasteiger partial charge in [-0.3, -0.25) is 0 Å². The van der Waals surface area contributed by atoms with Gasteiger partial charge in [-0.05, 0) is 22.8 Å². The molecule has 3 aromatic rings. The molecular formula is C28H28O5. The molecule has 0 saturated carbocycles. The molecule has 5 nitrogen and oxygen atoms in total. The molecule has 0 bridgehead atoms. The Balaban J connectivity index is 1.88. The molecule has 3 unspecified atom stereocenters. The summed E-state index contributed by atoms with van der Waals surface area (Å²) in [6.07, 6.45) is 0.816. The van der Waals surface area contributed by atoms with E-state index in [1.165, 1.54) is 6.08 Å². The molecular weight excluding hydrogens is 416 g/mol. The van der Waals surface area contributed by atoms with Gasteiger partial charge in [0.2, 0.25) is 0 Å². The summed E-state index contributed by atoms with van der Waals surface area (Å²) < 4.78 is 0. The summed E-state index contributed by atoms with van der Waals surface area (Å²) in [5, 5.41) is 46.1. The van der Waals surface area contributed by atoms with E-state index in [-0.39, 0.29) is 31.3 Å². The molecule has 170 valence electrons. The van der Waals surface area contributed by atoms with Crippen LogP contribution in [0, 0.1) is 0 Å². The Bertz CT molecular complexity index is 1130. The first kappa shape index (κ1) is 22.9. The highest BCUT2D eigenvalue weighted by Crippen LogP contribution is 2.48. The van der Waals surface area contributed by atoms with Crippen LogP contribution in [0.15, 0.2) is 103 Å². The van der Waals surface area contributed by atoms with Crippen LogP contribution >= 0.6 is 0 Å². The van der Waals surface area contributed by atoms with Gasteiger partial charge in [0, 0.05) is 31.3 Å². The Morgan fingerprint density at radius 1 is 0.667 bits per heavy atom. The maximum atomic E-state index is 12.2. The van der Waals surface area contributed by atoms with Gasteiger partial charge >= 0.3 is 5.97 Å². The number of aliphatic hydroxyl groups is 3. The molecule has 4 rings (SSSR count). The maximum Gasteiger partial charge on any atom is 0.331 e. The van der Waals surface area contributed by atoms with E-state index in [4.69, 9.17) is 0 Å². The highest BCUT2D eigenvalue weighted by Gasteiger charge is 2.63. The monoisotopic (exact) mass is 444 g/mol. The minimum absolute atomic E-state index is 0.0150. The van der Waals surface area contributed by atoms with Crippen LogP contribution in [0.25, 0.3) is 0 Å². The largest absolute Gasteiger partial charge is 0.478 e. The minimum atomic E-state index is -2.06. The molecule has 0 spiro atoms. The predicted octanol–water partition coefficient (Wildman–Crippen LogP) is 3.32. The van der Waals surface area contributed by atoms with Crippen molar-refractivity contribution in [1.29, 1.82) is 0 Å². The van der Waals surface area contributed by atoms with Gasteiger partial charge in [-0.1, -0.05) is 91.0 Å². The van der Waals surface area contributed by atoms with Crippen molar-refractivity contribution in [3.05, 3.63) is 119 Å². The fourth-order valence-electron chi connectivity index (χ4n) is 4.92. The van der Waals surface area contributed by atoms with Crippen molar-refractivity contribution in [3.63, 3.8) is 0 Å². The lowest BCUT2D eigenvalue weighted by Gasteiger charge is -2.55. The lowest BCUT2D eigenvalue weighted by molar-refractivity contribution is -0.236. The lowest BCUT2D eigenvalue weighted by atomic mass is 9.58. The molecule has 0 saturated heterocycles. The second-order valence-corrected chi connectivity index (χ2v) is 8.95. The Labute approximate surface area is 193 Å². The summed E-state index contributed by atoms with van der Waals surface area (Å²) in [5.74, 6) is -1.23. The SMILES string of the molecule is O=C(O)C1=CC(O)(Cc2ccccc2)C(O)(Cc2ccccc2)C(O)(Cc2ccccc2)C1. The van der Waals surface area contributed by atoms with Crippen LogP contribution in [0.3, 0.4) is 0 Å². The Hall–Kier alpha value is -3.25. The zero-order chi connectivity index (χ0) is 23.5. The summed E-state index contributed by atoms with van der Waals surface area (Å²) in [5.41, 5.74) is -3.96. The Kier molecular flexibility index (Phi) is 6.21. The molecule has 3 atom stereocenters. The molecule has 0 fully saturated rings. The van der Waals surface area contributed by atoms with Crippen molar-refractivity contribution in [3.8, 4) is 0 Å². The van der Waals surface area contributed by atoms with Gasteiger partial charge < -0.3 is 20.4 Å². The van der Waals surface area contributed by atoms with Gasteiger partial charge in [-0.2, -0.15) is 0 Å². The fourth-order valence-corrected chi connectivity index (χ4v) is 4.92. The number of rotatable bonds is 7. The van der Waals surface area contributed by atoms with Crippen molar-refractivity contribution in [2.45, 2.75) is 42.5 Å². The molecule has 1 aliphatic carbocycles. The minimum Gasteiger partial charge on any atom is -0.478 e. The summed E-state index contributed by atoms with van der Waals surface area (Å²) in [6, 6.07) is 27.3. The molecule has 33 heavy (non-hydrogen) atoms. The van der Waals surface area contributed by atoms with Gasteiger partial charge in [0.15, 0.2) is 0 Å². The number of benzene rings is 3. The third-order valence-corrected chi connectivity index (χ3v) is 6.62. The highest BCUT2D eigenvalue weighted by atomic mass is 16.4. The first-order valence-corrected chi connectivity index (χ1v) is 11.0. The molecule has 4 N–H and O–H groups in total. The van der Waals surface area contributed by atoms with E-state index in [1.807, 2.05) is 78.9 Å². The van der Waals surface area contributed by atoms with Gasteiger partial charge in [-0.25, -0.2) is 4.79 Å². The standard InChI is InChI=1S/C28H28O5/c29-25(30)24-19-26(31,16-21-10-4-1-5-11-21)28(33,18-23-14-8-3-9-15-23)27(32,20-24)17-22-12-6-2-7-13-22/h1-15,19,31-33H,16-18,20H2,(H,29,30). The number of carbonyl (C=O) groups is 1. The molecule has 0 radical (unpaired) electrons. The molecule has 0 heterocycles. The average molecular weight is 445 g/mol. The first-order valence-electron chi connectivity index (χ1n) is 11.0. The van der Waals surface area contributed by atoms with E-state index < -0.39 is 22.8 Å². The second-order valence-electron chi connectivity index (χ2n) is 8.95. The van der Waals surface area contributed by atoms with Crippen LogP contribution in [0.5, 0.6) is 0 Å². The molecule has 5 heteroatoms. The van der Waals surface area contributed by atoms with Crippen LogP contribution in [0.2, 0.25) is 0 Å². The Morgan fingerprint density at radius 2 is 1.09 bits per heavy atom. The van der Waals surface area contributed by atoms with Crippen LogP contribution in [0.1, 0.15) is 23.1 Å². The maximum absolute atomic E-state index is 12.2. The molecule has 1 aliphatic rings. The number of carboxylic acid groups (broad SMARTS) is 1. The van der Waals surface area contributed by atoms with E-state index in [9.17, 15) is 25.2 Å². The average Bonchev–Trinajstić information content (AvgIpc) is 2.79. The van der Waals surface area contributed by atoms with Crippen LogP contribution in [0.4, 0.5) is 0 Å². The van der Waals surface area contributed by atoms with E-state index in [2.05, 4.69) is 0 Å². The molecule has 0 aliphatic heterocycles. The van der Waals surface area contributed by atoms with Crippen molar-refractivity contribution < 1.29 is 25.2 Å². The molecule has 0 aromatic heterocycles. The second kappa shape index (κ2) is 8.94. The number of aliphatic carboxylic acids is 1. The summed E-state index contributed by atoms with van der Waals surface area (Å²) in [6.45, 7) is 0. The van der Waals surface area contributed by atoms with E-state index in [1.54, 1.807) is 12.1 Å². The van der Waals surface area contributed by atoms with Gasteiger partial charge in [0.05, 0.1) is 0 Å². The summed E-state index contributed by atoms with van der Waals surface area (Å²) >= 11 is 0. The normalized spacial score (nSPS) is 27.1. The zero-order valence-electron chi connectivity index (χ0n) is 18.3. The van der Waals surface area contributed by atoms with Crippen molar-refractivity contribution in [2.24, 2.45) is 0 Å². The smallest absolute Gasteiger partial charge is 0.331 e. The third kappa shape index (κ3) is 4.48. The zero-order valence-corrected chi connectivity index (χ0v) is 18.3.